The van der Waals surface area contributed by atoms with Gasteiger partial charge in [0.05, 0.1) is 12.7 Å². The van der Waals surface area contributed by atoms with Gasteiger partial charge >= 0.3 is 0 Å². The van der Waals surface area contributed by atoms with E-state index in [-0.39, 0.29) is 0 Å². The summed E-state index contributed by atoms with van der Waals surface area (Å²) < 4.78 is 5.64. The molecule has 0 aliphatic carbocycles. The Morgan fingerprint density at radius 1 is 0.900 bits per heavy atom. The third kappa shape index (κ3) is 17.7. The molecule has 1 unspecified atom stereocenters. The minimum absolute atomic E-state index is 0.452. The Morgan fingerprint density at radius 2 is 1.57 bits per heavy atom. The van der Waals surface area contributed by atoms with Crippen LogP contribution in [0.3, 0.4) is 0 Å². The summed E-state index contributed by atoms with van der Waals surface area (Å²) in [5.74, 6) is 0.778. The number of carbonyl (C=O) groups is 1. The lowest BCUT2D eigenvalue weighted by Crippen LogP contribution is -2.09. The number of aldehydes is 1. The van der Waals surface area contributed by atoms with E-state index < -0.39 is 6.10 Å². The fourth-order valence-corrected chi connectivity index (χ4v) is 2.34. The van der Waals surface area contributed by atoms with Gasteiger partial charge in [-0.25, -0.2) is 0 Å². The highest BCUT2D eigenvalue weighted by Crippen LogP contribution is 2.13. The van der Waals surface area contributed by atoms with E-state index in [9.17, 15) is 9.90 Å². The van der Waals surface area contributed by atoms with E-state index in [4.69, 9.17) is 4.74 Å². The van der Waals surface area contributed by atoms with Crippen molar-refractivity contribution >= 4 is 6.29 Å². The lowest BCUT2D eigenvalue weighted by molar-refractivity contribution is -0.107. The van der Waals surface area contributed by atoms with Crippen LogP contribution in [0.15, 0.2) is 72.9 Å². The molecule has 0 aromatic heterocycles. The highest BCUT2D eigenvalue weighted by atomic mass is 16.5. The highest BCUT2D eigenvalue weighted by Gasteiger charge is 2.00. The number of allylic oxidation sites excluding steroid dienone is 7. The van der Waals surface area contributed by atoms with E-state index in [1.807, 2.05) is 48.6 Å². The molecule has 30 heavy (non-hydrogen) atoms. The SMILES string of the molecule is CC/C=C\CC/C=C/C=C\C=C\C(O)CCOc1ccc(CCC=O)cc1.CCC. The number of unbranched alkanes of at least 4 members (excludes halogenated alkanes) is 1. The second kappa shape index (κ2) is 21.3. The maximum atomic E-state index is 10.4. The first kappa shape index (κ1) is 27.6. The average Bonchev–Trinajstić information content (AvgIpc) is 2.75. The van der Waals surface area contributed by atoms with Crippen LogP contribution in [0.1, 0.15) is 64.9 Å². The molecule has 0 radical (unpaired) electrons. The molecule has 0 saturated heterocycles. The molecule has 166 valence electrons. The lowest BCUT2D eigenvalue weighted by Gasteiger charge is -2.08. The van der Waals surface area contributed by atoms with Crippen molar-refractivity contribution in [3.63, 3.8) is 0 Å². The molecule has 0 aliphatic heterocycles. The van der Waals surface area contributed by atoms with Gasteiger partial charge in [-0.2, -0.15) is 0 Å². The second-order valence-electron chi connectivity index (χ2n) is 6.92. The molecule has 0 spiro atoms. The highest BCUT2D eigenvalue weighted by molar-refractivity contribution is 5.50. The Balaban J connectivity index is 0.00000263. The van der Waals surface area contributed by atoms with Gasteiger partial charge in [0.2, 0.25) is 0 Å². The molecule has 1 aromatic carbocycles. The first-order chi connectivity index (χ1) is 14.7. The largest absolute Gasteiger partial charge is 0.493 e. The summed E-state index contributed by atoms with van der Waals surface area (Å²) in [7, 11) is 0. The summed E-state index contributed by atoms with van der Waals surface area (Å²) in [4.78, 5) is 10.4. The average molecular weight is 413 g/mol. The third-order valence-corrected chi connectivity index (χ3v) is 3.86. The molecule has 3 heteroatoms. The van der Waals surface area contributed by atoms with Crippen LogP contribution < -0.4 is 4.74 Å². The number of benzene rings is 1. The zero-order valence-electron chi connectivity index (χ0n) is 19.0. The molecule has 3 nitrogen and oxygen atoms in total. The summed E-state index contributed by atoms with van der Waals surface area (Å²) in [5.41, 5.74) is 1.12. The van der Waals surface area contributed by atoms with Crippen LogP contribution in [-0.2, 0) is 11.2 Å². The molecule has 0 bridgehead atoms. The van der Waals surface area contributed by atoms with Gasteiger partial charge in [-0.15, -0.1) is 0 Å². The number of rotatable bonds is 14. The van der Waals surface area contributed by atoms with E-state index in [1.165, 1.54) is 6.42 Å². The van der Waals surface area contributed by atoms with E-state index in [2.05, 4.69) is 39.0 Å². The first-order valence-electron chi connectivity index (χ1n) is 11.2. The number of aliphatic hydroxyl groups excluding tert-OH is 1. The molecular formula is C27H40O3. The zero-order valence-corrected chi connectivity index (χ0v) is 19.0. The van der Waals surface area contributed by atoms with Gasteiger partial charge in [0, 0.05) is 12.8 Å². The predicted octanol–water partition coefficient (Wildman–Crippen LogP) is 6.78. The standard InChI is InChI=1S/C24H32O3.C3H8/c1-2-3-4-5-6-7-8-9-10-11-14-23(26)19-21-27-24-17-15-22(16-18-24)13-12-20-25;1-3-2/h3-4,7-11,14-18,20,23,26H,2,5-6,12-13,19,21H2,1H3;3H2,1-2H3/b4-3-,8-7+,10-9-,14-11+;. The summed E-state index contributed by atoms with van der Waals surface area (Å²) in [6.45, 7) is 6.84. The molecule has 1 N–H and O–H groups in total. The van der Waals surface area contributed by atoms with Crippen LogP contribution in [0.5, 0.6) is 5.75 Å². The minimum atomic E-state index is -0.523. The predicted molar refractivity (Wildman–Crippen MR) is 129 cm³/mol. The molecular weight excluding hydrogens is 372 g/mol. The normalized spacial score (nSPS) is 12.5. The Kier molecular flexibility index (Phi) is 19.6. The van der Waals surface area contributed by atoms with Crippen molar-refractivity contribution in [3.8, 4) is 5.75 Å². The second-order valence-corrected chi connectivity index (χ2v) is 6.92. The quantitative estimate of drug-likeness (QED) is 0.159. The Bertz CT molecular complexity index is 624. The van der Waals surface area contributed by atoms with Crippen LogP contribution in [0.25, 0.3) is 0 Å². The van der Waals surface area contributed by atoms with Crippen molar-refractivity contribution < 1.29 is 14.6 Å². The molecule has 0 amide bonds. The van der Waals surface area contributed by atoms with Crippen LogP contribution in [0.4, 0.5) is 0 Å². The summed E-state index contributed by atoms with van der Waals surface area (Å²) in [6, 6.07) is 7.73. The van der Waals surface area contributed by atoms with Crippen molar-refractivity contribution in [1.29, 1.82) is 0 Å². The van der Waals surface area contributed by atoms with Gasteiger partial charge in [0.25, 0.3) is 0 Å². The van der Waals surface area contributed by atoms with E-state index in [1.54, 1.807) is 6.08 Å². The number of carbonyl (C=O) groups excluding carboxylic acids is 1. The summed E-state index contributed by atoms with van der Waals surface area (Å²) in [5, 5.41) is 9.93. The van der Waals surface area contributed by atoms with E-state index >= 15 is 0 Å². The first-order valence-corrected chi connectivity index (χ1v) is 11.2. The monoisotopic (exact) mass is 412 g/mol. The Hall–Kier alpha value is -2.39. The van der Waals surface area contributed by atoms with E-state index in [0.29, 0.717) is 19.4 Å². The smallest absolute Gasteiger partial charge is 0.120 e. The summed E-state index contributed by atoms with van der Waals surface area (Å²) >= 11 is 0. The number of aryl methyl sites for hydroxylation is 1. The minimum Gasteiger partial charge on any atom is -0.493 e. The molecule has 0 heterocycles. The topological polar surface area (TPSA) is 46.5 Å². The van der Waals surface area contributed by atoms with Crippen LogP contribution in [-0.4, -0.2) is 24.1 Å². The van der Waals surface area contributed by atoms with Crippen molar-refractivity contribution in [1.82, 2.24) is 0 Å². The Labute approximate surface area is 183 Å². The molecule has 1 aromatic rings. The van der Waals surface area contributed by atoms with Gasteiger partial charge < -0.3 is 14.6 Å². The fourth-order valence-electron chi connectivity index (χ4n) is 2.34. The maximum Gasteiger partial charge on any atom is 0.120 e. The summed E-state index contributed by atoms with van der Waals surface area (Å²) in [6.07, 6.45) is 22.8. The fraction of sp³-hybridized carbons (Fsp3) is 0.444. The molecule has 0 saturated carbocycles. The number of hydrogen-bond acceptors (Lipinski definition) is 3. The van der Waals surface area contributed by atoms with Crippen molar-refractivity contribution in [2.75, 3.05) is 6.61 Å². The Morgan fingerprint density at radius 3 is 2.23 bits per heavy atom. The van der Waals surface area contributed by atoms with Gasteiger partial charge in [-0.05, 0) is 43.4 Å². The number of ether oxygens (including phenoxy) is 1. The van der Waals surface area contributed by atoms with Crippen molar-refractivity contribution in [2.24, 2.45) is 0 Å². The van der Waals surface area contributed by atoms with Crippen LogP contribution in [0, 0.1) is 0 Å². The maximum absolute atomic E-state index is 10.4. The third-order valence-electron chi connectivity index (χ3n) is 3.86. The van der Waals surface area contributed by atoms with Gasteiger partial charge in [0.15, 0.2) is 0 Å². The van der Waals surface area contributed by atoms with Crippen LogP contribution in [0.2, 0.25) is 0 Å². The molecule has 0 aliphatic rings. The molecule has 0 fully saturated rings. The van der Waals surface area contributed by atoms with Gasteiger partial charge in [-0.1, -0.05) is 87.9 Å². The van der Waals surface area contributed by atoms with E-state index in [0.717, 1.165) is 43.3 Å². The molecule has 1 rings (SSSR count). The zero-order chi connectivity index (χ0) is 22.3. The van der Waals surface area contributed by atoms with Gasteiger partial charge in [-0.3, -0.25) is 0 Å². The lowest BCUT2D eigenvalue weighted by atomic mass is 10.1. The number of aliphatic hydroxyl groups is 1. The van der Waals surface area contributed by atoms with Crippen molar-refractivity contribution in [3.05, 3.63) is 78.4 Å². The van der Waals surface area contributed by atoms with Crippen LogP contribution >= 0.6 is 0 Å². The number of hydrogen-bond donors (Lipinski definition) is 1. The van der Waals surface area contributed by atoms with Crippen molar-refractivity contribution in [2.45, 2.75) is 71.8 Å². The van der Waals surface area contributed by atoms with Gasteiger partial charge in [0.1, 0.15) is 12.0 Å². The molecule has 1 atom stereocenters.